The van der Waals surface area contributed by atoms with Gasteiger partial charge in [-0.15, -0.1) is 0 Å². The van der Waals surface area contributed by atoms with Crippen LogP contribution in [-0.4, -0.2) is 64.9 Å². The van der Waals surface area contributed by atoms with Crippen molar-refractivity contribution < 1.29 is 60.9 Å². The van der Waals surface area contributed by atoms with Gasteiger partial charge in [-0.3, -0.25) is 0 Å². The van der Waals surface area contributed by atoms with Gasteiger partial charge in [-0.2, -0.15) is 8.78 Å². The van der Waals surface area contributed by atoms with Gasteiger partial charge in [0.2, 0.25) is 11.5 Å². The molecular weight excluding hydrogens is 827 g/mol. The molecule has 3 aromatic carbocycles. The van der Waals surface area contributed by atoms with Crippen LogP contribution in [0.5, 0.6) is 51.7 Å². The van der Waals surface area contributed by atoms with Crippen molar-refractivity contribution in [2.45, 2.75) is 164 Å². The third-order valence-corrected chi connectivity index (χ3v) is 10.5. The third kappa shape index (κ3) is 16.0. The summed E-state index contributed by atoms with van der Waals surface area (Å²) in [5.74, 6) is 2.19. The molecule has 11 nitrogen and oxygen atoms in total. The highest BCUT2D eigenvalue weighted by Gasteiger charge is 2.38. The van der Waals surface area contributed by atoms with Crippen molar-refractivity contribution in [2.75, 3.05) is 46.2 Å². The molecule has 0 aliphatic carbocycles. The van der Waals surface area contributed by atoms with E-state index in [0.29, 0.717) is 91.5 Å². The van der Waals surface area contributed by atoms with Crippen LogP contribution in [0.3, 0.4) is 0 Å². The number of benzene rings is 3. The van der Waals surface area contributed by atoms with Crippen LogP contribution in [0.2, 0.25) is 0 Å². The van der Waals surface area contributed by atoms with E-state index in [1.165, 1.54) is 12.1 Å². The van der Waals surface area contributed by atoms with Crippen LogP contribution in [0.1, 0.15) is 166 Å². The Hall–Kier alpha value is -4.81. The number of carbonyl (C=O) groups is 1. The van der Waals surface area contributed by atoms with E-state index in [2.05, 4.69) is 34.6 Å². The van der Waals surface area contributed by atoms with Gasteiger partial charge in [-0.1, -0.05) is 93.4 Å². The zero-order chi connectivity index (χ0) is 46.1. The third-order valence-electron chi connectivity index (χ3n) is 10.5. The summed E-state index contributed by atoms with van der Waals surface area (Å²) in [4.78, 5) is 14.5. The molecule has 0 amide bonds. The molecule has 0 fully saturated rings. The van der Waals surface area contributed by atoms with E-state index < -0.39 is 24.8 Å². The highest BCUT2D eigenvalue weighted by Crippen LogP contribution is 2.48. The number of carbonyl (C=O) groups excluding carboxylic acids is 1. The van der Waals surface area contributed by atoms with E-state index in [9.17, 15) is 13.6 Å². The first kappa shape index (κ1) is 51.8. The van der Waals surface area contributed by atoms with Crippen LogP contribution in [0.15, 0.2) is 36.4 Å². The van der Waals surface area contributed by atoms with Crippen molar-refractivity contribution in [3.05, 3.63) is 53.1 Å². The largest absolute Gasteiger partial charge is 0.493 e. The average Bonchev–Trinajstić information content (AvgIpc) is 3.27. The van der Waals surface area contributed by atoms with Crippen LogP contribution >= 0.6 is 0 Å². The first-order valence-electron chi connectivity index (χ1n) is 24.0. The fourth-order valence-corrected chi connectivity index (χ4v) is 6.75. The summed E-state index contributed by atoms with van der Waals surface area (Å²) in [5, 5.41) is 0. The fraction of sp³-hybridized carbons (Fsp3) is 0.627. The molecule has 0 spiro atoms. The fourth-order valence-electron chi connectivity index (χ4n) is 6.75. The number of hydrogen-bond acceptors (Lipinski definition) is 11. The maximum absolute atomic E-state index is 14.5. The van der Waals surface area contributed by atoms with E-state index >= 15 is 0 Å². The second-order valence-corrected chi connectivity index (χ2v) is 16.0. The molecule has 1 aliphatic rings. The molecule has 0 radical (unpaired) electrons. The molecule has 0 bridgehead atoms. The lowest BCUT2D eigenvalue weighted by atomic mass is 9.93. The second kappa shape index (κ2) is 28.9. The van der Waals surface area contributed by atoms with Gasteiger partial charge in [0.15, 0.2) is 29.1 Å². The zero-order valence-corrected chi connectivity index (χ0v) is 39.5. The number of hydrogen-bond donors (Lipinski definition) is 0. The van der Waals surface area contributed by atoms with E-state index in [0.717, 1.165) is 77.0 Å². The normalized spacial score (nSPS) is 14.3. The van der Waals surface area contributed by atoms with Crippen LogP contribution < -0.4 is 42.6 Å². The molecule has 0 N–H and O–H groups in total. The number of fused-ring (bicyclic) bond motifs is 1. The first-order chi connectivity index (χ1) is 31.2. The SMILES string of the molecule is CCCCOc1cc(OCCCC)c2c(c1)O[C@@H](c1cc(OCCCC)c(OCCCC)c(OCCCC)c1)[C@H](OC(=O)c1cc(OCCCC)c(OCCCC)c(OC(F)F)c1)C2. The number of alkyl halides is 2. The Morgan fingerprint density at radius 3 is 1.45 bits per heavy atom. The van der Waals surface area contributed by atoms with Crippen LogP contribution in [0, 0.1) is 0 Å². The summed E-state index contributed by atoms with van der Waals surface area (Å²) in [7, 11) is 0. The quantitative estimate of drug-likeness (QED) is 0.0430. The first-order valence-corrected chi connectivity index (χ1v) is 24.0. The maximum atomic E-state index is 14.5. The molecule has 1 aliphatic heterocycles. The summed E-state index contributed by atoms with van der Waals surface area (Å²) in [6, 6.07) is 10.1. The van der Waals surface area contributed by atoms with E-state index in [1.807, 2.05) is 38.1 Å². The number of unbranched alkanes of at least 4 members (excludes halogenated alkanes) is 7. The van der Waals surface area contributed by atoms with Gasteiger partial charge in [0, 0.05) is 29.7 Å². The van der Waals surface area contributed by atoms with Gasteiger partial charge < -0.3 is 47.4 Å². The zero-order valence-electron chi connectivity index (χ0n) is 39.5. The highest BCUT2D eigenvalue weighted by molar-refractivity contribution is 5.91. The summed E-state index contributed by atoms with van der Waals surface area (Å²) in [6.07, 6.45) is 10.3. The van der Waals surface area contributed by atoms with Gasteiger partial charge in [0.1, 0.15) is 23.4 Å². The number of rotatable bonds is 33. The van der Waals surface area contributed by atoms with Crippen molar-refractivity contribution in [2.24, 2.45) is 0 Å². The molecule has 358 valence electrons. The van der Waals surface area contributed by atoms with Gasteiger partial charge in [-0.05, 0) is 69.2 Å². The lowest BCUT2D eigenvalue weighted by Crippen LogP contribution is -2.35. The molecule has 64 heavy (non-hydrogen) atoms. The van der Waals surface area contributed by atoms with Crippen LogP contribution in [0.25, 0.3) is 0 Å². The molecule has 0 saturated heterocycles. The van der Waals surface area contributed by atoms with Crippen molar-refractivity contribution >= 4 is 5.97 Å². The van der Waals surface area contributed by atoms with E-state index in [1.54, 1.807) is 0 Å². The van der Waals surface area contributed by atoms with Crippen molar-refractivity contribution in [1.82, 2.24) is 0 Å². The van der Waals surface area contributed by atoms with Crippen LogP contribution in [-0.2, 0) is 11.2 Å². The van der Waals surface area contributed by atoms with Gasteiger partial charge >= 0.3 is 12.6 Å². The minimum Gasteiger partial charge on any atom is -0.493 e. The summed E-state index contributed by atoms with van der Waals surface area (Å²) in [6.45, 7) is 14.2. The minimum atomic E-state index is -3.19. The number of ether oxygens (including phenoxy) is 10. The van der Waals surface area contributed by atoms with E-state index in [-0.39, 0.29) is 42.4 Å². The van der Waals surface area contributed by atoms with Gasteiger partial charge in [0.05, 0.1) is 51.8 Å². The number of esters is 1. The summed E-state index contributed by atoms with van der Waals surface area (Å²) >= 11 is 0. The molecule has 4 rings (SSSR count). The van der Waals surface area contributed by atoms with Gasteiger partial charge in [-0.25, -0.2) is 4.79 Å². The second-order valence-electron chi connectivity index (χ2n) is 16.0. The van der Waals surface area contributed by atoms with Crippen molar-refractivity contribution in [3.8, 4) is 51.7 Å². The molecule has 3 aromatic rings. The Morgan fingerprint density at radius 1 is 0.547 bits per heavy atom. The standard InChI is InChI=1S/C51H74F2O11/c1-8-15-22-55-38-33-40(56-23-16-9-2)39-35-46(63-50(54)37-31-44(59-26-19-12-5)49(61-28-21-14-7)45(32-37)64-51(52)53)47(62-41(39)34-38)36-29-42(57-24-17-10-3)48(60-27-20-13-6)43(30-36)58-25-18-11-4/h29-34,46-47,51H,8-28,35H2,1-7H3/t46-,47+/m1/s1. The summed E-state index contributed by atoms with van der Waals surface area (Å²) in [5.41, 5.74) is 1.27. The Bertz CT molecular complexity index is 1790. The van der Waals surface area contributed by atoms with Crippen LogP contribution in [0.4, 0.5) is 8.78 Å². The lowest BCUT2D eigenvalue weighted by molar-refractivity contribution is -0.0519. The molecule has 13 heteroatoms. The van der Waals surface area contributed by atoms with Crippen molar-refractivity contribution in [3.63, 3.8) is 0 Å². The molecule has 2 atom stereocenters. The number of halogens is 2. The Balaban J connectivity index is 1.90. The monoisotopic (exact) mass is 901 g/mol. The van der Waals surface area contributed by atoms with E-state index in [4.69, 9.17) is 47.4 Å². The van der Waals surface area contributed by atoms with Gasteiger partial charge in [0.25, 0.3) is 0 Å². The Kier molecular flexibility index (Phi) is 23.4. The highest BCUT2D eigenvalue weighted by atomic mass is 19.3. The summed E-state index contributed by atoms with van der Waals surface area (Å²) < 4.78 is 90.1. The molecule has 0 aromatic heterocycles. The lowest BCUT2D eigenvalue weighted by Gasteiger charge is -2.35. The maximum Gasteiger partial charge on any atom is 0.387 e. The predicted octanol–water partition coefficient (Wildman–Crippen LogP) is 13.4. The predicted molar refractivity (Wildman–Crippen MR) is 245 cm³/mol. The Labute approximate surface area is 380 Å². The molecule has 1 heterocycles. The Morgan fingerprint density at radius 2 is 0.969 bits per heavy atom. The van der Waals surface area contributed by atoms with Crippen molar-refractivity contribution in [1.29, 1.82) is 0 Å². The molecule has 0 saturated carbocycles. The topological polar surface area (TPSA) is 109 Å². The minimum absolute atomic E-state index is 0.00693. The average molecular weight is 901 g/mol. The smallest absolute Gasteiger partial charge is 0.387 e. The molecular formula is C51H74F2O11. The molecule has 0 unspecified atom stereocenters.